The van der Waals surface area contributed by atoms with Crippen molar-refractivity contribution in [3.63, 3.8) is 0 Å². The number of imidazole rings is 1. The first-order valence-corrected chi connectivity index (χ1v) is 12.0. The van der Waals surface area contributed by atoms with Crippen molar-refractivity contribution in [1.82, 2.24) is 14.5 Å². The van der Waals surface area contributed by atoms with E-state index in [-0.39, 0.29) is 5.69 Å². The van der Waals surface area contributed by atoms with Gasteiger partial charge in [-0.25, -0.2) is 14.8 Å². The van der Waals surface area contributed by atoms with Gasteiger partial charge in [-0.1, -0.05) is 81.5 Å². The van der Waals surface area contributed by atoms with Crippen molar-refractivity contribution in [3.05, 3.63) is 78.0 Å². The number of aromatic carboxylic acids is 1. The van der Waals surface area contributed by atoms with Crippen LogP contribution in [0.4, 0.5) is 0 Å². The van der Waals surface area contributed by atoms with Crippen LogP contribution in [0.3, 0.4) is 0 Å². The molecular weight excluding hydrogens is 426 g/mol. The fourth-order valence-corrected chi connectivity index (χ4v) is 4.08. The molecule has 0 amide bonds. The summed E-state index contributed by atoms with van der Waals surface area (Å²) in [6.07, 6.45) is 6.98. The number of hydrogen-bond acceptors (Lipinski definition) is 4. The zero-order valence-electron chi connectivity index (χ0n) is 19.6. The Kier molecular flexibility index (Phi) is 7.91. The topological polar surface area (TPSA) is 77.2 Å². The van der Waals surface area contributed by atoms with Crippen LogP contribution in [-0.4, -0.2) is 32.2 Å². The number of nitrogens with zero attached hydrogens (tertiary/aromatic N) is 3. The minimum atomic E-state index is -1.09. The van der Waals surface area contributed by atoms with Crippen molar-refractivity contribution in [2.45, 2.75) is 52.0 Å². The molecule has 0 saturated carbocycles. The first-order valence-electron chi connectivity index (χ1n) is 12.0. The molecular formula is C28H31N3O3. The van der Waals surface area contributed by atoms with E-state index in [2.05, 4.69) is 28.6 Å². The van der Waals surface area contributed by atoms with Gasteiger partial charge in [-0.2, -0.15) is 0 Å². The standard InChI is InChI=1S/C28H31N3O3/c1-2-3-4-5-6-12-17-34-22-18-24(29-25(19-22)28(32)33)27-30-23-15-10-11-16-26(23)31(27)20-21-13-8-7-9-14-21/h7-11,13-16,18-19H,2-6,12,17,20H2,1H3,(H,32,33). The molecule has 0 atom stereocenters. The lowest BCUT2D eigenvalue weighted by Gasteiger charge is -2.12. The Morgan fingerprint density at radius 2 is 1.65 bits per heavy atom. The Bertz CT molecular complexity index is 1230. The predicted molar refractivity (Wildman–Crippen MR) is 134 cm³/mol. The molecule has 0 bridgehead atoms. The minimum Gasteiger partial charge on any atom is -0.493 e. The third-order valence-corrected chi connectivity index (χ3v) is 5.85. The van der Waals surface area contributed by atoms with Gasteiger partial charge in [0.1, 0.15) is 11.4 Å². The van der Waals surface area contributed by atoms with Gasteiger partial charge in [-0.3, -0.25) is 0 Å². The van der Waals surface area contributed by atoms with Gasteiger partial charge in [0.05, 0.1) is 17.6 Å². The molecule has 0 saturated heterocycles. The molecule has 176 valence electrons. The normalized spacial score (nSPS) is 11.1. The molecule has 2 heterocycles. The molecule has 2 aromatic carbocycles. The molecule has 2 aromatic heterocycles. The summed E-state index contributed by atoms with van der Waals surface area (Å²) < 4.78 is 8.04. The Balaban J connectivity index is 1.63. The highest BCUT2D eigenvalue weighted by Crippen LogP contribution is 2.28. The largest absolute Gasteiger partial charge is 0.493 e. The molecule has 4 rings (SSSR count). The molecule has 0 unspecified atom stereocenters. The van der Waals surface area contributed by atoms with Crippen molar-refractivity contribution in [2.24, 2.45) is 0 Å². The van der Waals surface area contributed by atoms with Gasteiger partial charge in [-0.05, 0) is 24.1 Å². The number of benzene rings is 2. The average Bonchev–Trinajstić information content (AvgIpc) is 3.22. The Morgan fingerprint density at radius 3 is 2.44 bits per heavy atom. The van der Waals surface area contributed by atoms with Crippen LogP contribution < -0.4 is 4.74 Å². The van der Waals surface area contributed by atoms with E-state index in [4.69, 9.17) is 9.72 Å². The number of fused-ring (bicyclic) bond motifs is 1. The average molecular weight is 458 g/mol. The summed E-state index contributed by atoms with van der Waals surface area (Å²) in [5, 5.41) is 9.67. The molecule has 0 aliphatic rings. The van der Waals surface area contributed by atoms with Crippen LogP contribution in [-0.2, 0) is 6.54 Å². The minimum absolute atomic E-state index is 0.0474. The van der Waals surface area contributed by atoms with E-state index >= 15 is 0 Å². The molecule has 0 fully saturated rings. The van der Waals surface area contributed by atoms with E-state index < -0.39 is 5.97 Å². The van der Waals surface area contributed by atoms with Crippen molar-refractivity contribution >= 4 is 17.0 Å². The summed E-state index contributed by atoms with van der Waals surface area (Å²) in [5.74, 6) is 0.0452. The van der Waals surface area contributed by atoms with Gasteiger partial charge in [-0.15, -0.1) is 0 Å². The van der Waals surface area contributed by atoms with E-state index in [1.165, 1.54) is 31.7 Å². The molecule has 6 heteroatoms. The van der Waals surface area contributed by atoms with Gasteiger partial charge in [0.15, 0.2) is 11.5 Å². The smallest absolute Gasteiger partial charge is 0.354 e. The SMILES string of the molecule is CCCCCCCCOc1cc(C(=O)O)nc(-c2nc3ccccc3n2Cc2ccccc2)c1. The van der Waals surface area contributed by atoms with E-state index in [1.54, 1.807) is 6.07 Å². The summed E-state index contributed by atoms with van der Waals surface area (Å²) in [6.45, 7) is 3.36. The summed E-state index contributed by atoms with van der Waals surface area (Å²) in [4.78, 5) is 21.0. The highest BCUT2D eigenvalue weighted by molar-refractivity contribution is 5.87. The fourth-order valence-electron chi connectivity index (χ4n) is 4.08. The first-order chi connectivity index (χ1) is 16.7. The molecule has 0 spiro atoms. The van der Waals surface area contributed by atoms with Gasteiger partial charge >= 0.3 is 5.97 Å². The van der Waals surface area contributed by atoms with Crippen LogP contribution in [0.1, 0.15) is 61.5 Å². The predicted octanol–water partition coefficient (Wildman–Crippen LogP) is 6.58. The van der Waals surface area contributed by atoms with Crippen molar-refractivity contribution in [1.29, 1.82) is 0 Å². The molecule has 1 N–H and O–H groups in total. The highest BCUT2D eigenvalue weighted by Gasteiger charge is 2.18. The zero-order chi connectivity index (χ0) is 23.8. The molecule has 34 heavy (non-hydrogen) atoms. The van der Waals surface area contributed by atoms with Crippen molar-refractivity contribution in [3.8, 4) is 17.3 Å². The maximum atomic E-state index is 11.8. The van der Waals surface area contributed by atoms with Gasteiger partial charge < -0.3 is 14.4 Å². The van der Waals surface area contributed by atoms with E-state index in [9.17, 15) is 9.90 Å². The number of unbranched alkanes of at least 4 members (excludes halogenated alkanes) is 5. The van der Waals surface area contributed by atoms with E-state index in [0.29, 0.717) is 30.4 Å². The third-order valence-electron chi connectivity index (χ3n) is 5.85. The lowest BCUT2D eigenvalue weighted by atomic mass is 10.1. The number of carbonyl (C=O) groups is 1. The summed E-state index contributed by atoms with van der Waals surface area (Å²) in [7, 11) is 0. The second kappa shape index (κ2) is 11.5. The molecule has 4 aromatic rings. The maximum absolute atomic E-state index is 11.8. The van der Waals surface area contributed by atoms with Gasteiger partial charge in [0.25, 0.3) is 0 Å². The number of carboxylic acids is 1. The third kappa shape index (κ3) is 5.81. The number of aromatic nitrogens is 3. The lowest BCUT2D eigenvalue weighted by molar-refractivity contribution is 0.0690. The number of carboxylic acid groups (broad SMARTS) is 1. The Morgan fingerprint density at radius 1 is 0.912 bits per heavy atom. The van der Waals surface area contributed by atoms with Gasteiger partial charge in [0.2, 0.25) is 0 Å². The Labute approximate surface area is 200 Å². The number of rotatable bonds is 12. The van der Waals surface area contributed by atoms with Crippen molar-refractivity contribution in [2.75, 3.05) is 6.61 Å². The molecule has 0 aliphatic carbocycles. The summed E-state index contributed by atoms with van der Waals surface area (Å²) in [5.41, 5.74) is 3.38. The molecule has 6 nitrogen and oxygen atoms in total. The first kappa shape index (κ1) is 23.5. The summed E-state index contributed by atoms with van der Waals surface area (Å²) >= 11 is 0. The van der Waals surface area contributed by atoms with Crippen molar-refractivity contribution < 1.29 is 14.6 Å². The van der Waals surface area contributed by atoms with Crippen LogP contribution in [0.2, 0.25) is 0 Å². The summed E-state index contributed by atoms with van der Waals surface area (Å²) in [6, 6.07) is 21.3. The Hall–Kier alpha value is -3.67. The van der Waals surface area contributed by atoms with Crippen LogP contribution in [0.25, 0.3) is 22.6 Å². The quantitative estimate of drug-likeness (QED) is 0.243. The lowest BCUT2D eigenvalue weighted by Crippen LogP contribution is -2.07. The molecule has 0 aliphatic heterocycles. The van der Waals surface area contributed by atoms with Crippen LogP contribution in [0.5, 0.6) is 5.75 Å². The van der Waals surface area contributed by atoms with Crippen LogP contribution in [0.15, 0.2) is 66.7 Å². The second-order valence-electron chi connectivity index (χ2n) is 8.49. The zero-order valence-corrected chi connectivity index (χ0v) is 19.6. The highest BCUT2D eigenvalue weighted by atomic mass is 16.5. The van der Waals surface area contributed by atoms with E-state index in [0.717, 1.165) is 29.4 Å². The van der Waals surface area contributed by atoms with E-state index in [1.807, 2.05) is 42.5 Å². The number of hydrogen-bond donors (Lipinski definition) is 1. The maximum Gasteiger partial charge on any atom is 0.354 e. The number of ether oxygens (including phenoxy) is 1. The molecule has 0 radical (unpaired) electrons. The second-order valence-corrected chi connectivity index (χ2v) is 8.49. The fraction of sp³-hybridized carbons (Fsp3) is 0.321. The number of pyridine rings is 1. The number of para-hydroxylation sites is 2. The van der Waals surface area contributed by atoms with Crippen LogP contribution >= 0.6 is 0 Å². The van der Waals surface area contributed by atoms with Gasteiger partial charge in [0, 0.05) is 18.7 Å². The van der Waals surface area contributed by atoms with Crippen LogP contribution in [0, 0.1) is 0 Å². The monoisotopic (exact) mass is 457 g/mol.